The highest BCUT2D eigenvalue weighted by atomic mass is 19.1. The molecular weight excluding hydrogens is 659 g/mol. The molecule has 3 fully saturated rings. The topological polar surface area (TPSA) is 91.9 Å². The van der Waals surface area contributed by atoms with E-state index in [1.807, 2.05) is 4.90 Å². The highest BCUT2D eigenvalue weighted by Crippen LogP contribution is 2.41. The van der Waals surface area contributed by atoms with Gasteiger partial charge in [0.25, 0.3) is 5.91 Å². The van der Waals surface area contributed by atoms with Crippen LogP contribution < -0.4 is 9.64 Å². The summed E-state index contributed by atoms with van der Waals surface area (Å²) in [6.45, 7) is 8.52. The number of pyridine rings is 2. The van der Waals surface area contributed by atoms with E-state index >= 15 is 8.78 Å². The van der Waals surface area contributed by atoms with Gasteiger partial charge in [-0.15, -0.1) is 0 Å². The number of hydrogen-bond acceptors (Lipinski definition) is 8. The number of piperazine rings is 1. The fraction of sp³-hybridized carbons (Fsp3) is 0.371. The standard InChI is InChI=1S/C35H31F5N8O2/c1-41-16-24-19-46(11-12-48(24)33(49)28(39)14-23-5-2-3-9-42-23)32-26-17-43-30(25-13-21(36)6-7-27(25)38)29(40)31(26)44-34(45-32)50-20-35-8-4-10-47(35)18-22(37)15-35/h2-3,5-7,9,13-14,17,22,24H,4,8,10-12,15-16,18-20H2/b28-14-/t22-,24+,35+/m1/s1. The van der Waals surface area contributed by atoms with Crippen LogP contribution in [0, 0.1) is 24.0 Å². The molecule has 0 spiro atoms. The SMILES string of the molecule is [C-]#[N+]C[C@H]1CN(c2nc(OC[C@@]34CCCN3C[C@H](F)C4)nc3c(F)c(-c4cc(F)ccc4F)ncc23)CCN1C(=O)/C(F)=C/c1ccccn1. The second-order valence-electron chi connectivity index (χ2n) is 12.7. The summed E-state index contributed by atoms with van der Waals surface area (Å²) in [5.74, 6) is -4.51. The lowest BCUT2D eigenvalue weighted by Gasteiger charge is -2.39. The first kappa shape index (κ1) is 33.3. The van der Waals surface area contributed by atoms with E-state index in [2.05, 4.69) is 24.8 Å². The number of anilines is 1. The molecule has 3 aromatic heterocycles. The molecule has 6 heterocycles. The van der Waals surface area contributed by atoms with Crippen LogP contribution in [0.1, 0.15) is 25.0 Å². The van der Waals surface area contributed by atoms with Crippen LogP contribution in [0.2, 0.25) is 0 Å². The lowest BCUT2D eigenvalue weighted by atomic mass is 9.95. The minimum Gasteiger partial charge on any atom is -0.461 e. The van der Waals surface area contributed by atoms with Crippen LogP contribution in [0.3, 0.4) is 0 Å². The first-order chi connectivity index (χ1) is 24.2. The van der Waals surface area contributed by atoms with Gasteiger partial charge in [0.15, 0.2) is 11.6 Å². The van der Waals surface area contributed by atoms with Crippen molar-refractivity contribution in [2.75, 3.05) is 50.8 Å². The zero-order valence-corrected chi connectivity index (χ0v) is 26.7. The summed E-state index contributed by atoms with van der Waals surface area (Å²) >= 11 is 0. The Morgan fingerprint density at radius 3 is 2.76 bits per heavy atom. The van der Waals surface area contributed by atoms with E-state index in [-0.39, 0.29) is 67.6 Å². The number of carbonyl (C=O) groups excluding carboxylic acids is 1. The molecule has 0 saturated carbocycles. The lowest BCUT2D eigenvalue weighted by Crippen LogP contribution is -2.56. The fourth-order valence-corrected chi connectivity index (χ4v) is 7.21. The molecule has 258 valence electrons. The van der Waals surface area contributed by atoms with Gasteiger partial charge in [0, 0.05) is 56.6 Å². The molecule has 7 rings (SSSR count). The Hall–Kier alpha value is -5.23. The molecule has 3 atom stereocenters. The van der Waals surface area contributed by atoms with Crippen molar-refractivity contribution in [3.63, 3.8) is 0 Å². The highest BCUT2D eigenvalue weighted by molar-refractivity contribution is 5.96. The van der Waals surface area contributed by atoms with Crippen molar-refractivity contribution < 1.29 is 31.5 Å². The second-order valence-corrected chi connectivity index (χ2v) is 12.7. The van der Waals surface area contributed by atoms with E-state index in [0.29, 0.717) is 13.0 Å². The van der Waals surface area contributed by atoms with Crippen molar-refractivity contribution in [3.8, 4) is 17.3 Å². The summed E-state index contributed by atoms with van der Waals surface area (Å²) in [5, 5.41) is 0.114. The number of nitrogens with zero attached hydrogens (tertiary/aromatic N) is 8. The van der Waals surface area contributed by atoms with Gasteiger partial charge in [-0.05, 0) is 49.7 Å². The molecule has 0 unspecified atom stereocenters. The second kappa shape index (κ2) is 13.6. The number of alkyl halides is 1. The molecule has 10 nitrogen and oxygen atoms in total. The largest absolute Gasteiger partial charge is 0.461 e. The molecule has 3 aliphatic heterocycles. The van der Waals surface area contributed by atoms with Crippen LogP contribution in [-0.2, 0) is 4.79 Å². The van der Waals surface area contributed by atoms with Crippen molar-refractivity contribution in [1.29, 1.82) is 0 Å². The molecule has 0 N–H and O–H groups in total. The Morgan fingerprint density at radius 2 is 1.96 bits per heavy atom. The van der Waals surface area contributed by atoms with Crippen LogP contribution in [-0.4, -0.2) is 99.3 Å². The summed E-state index contributed by atoms with van der Waals surface area (Å²) in [5.41, 5.74) is -1.47. The lowest BCUT2D eigenvalue weighted by molar-refractivity contribution is -0.130. The van der Waals surface area contributed by atoms with Gasteiger partial charge in [-0.1, -0.05) is 6.07 Å². The van der Waals surface area contributed by atoms with Crippen molar-refractivity contribution in [3.05, 3.63) is 89.2 Å². The predicted octanol–water partition coefficient (Wildman–Crippen LogP) is 5.41. The van der Waals surface area contributed by atoms with Crippen LogP contribution >= 0.6 is 0 Å². The van der Waals surface area contributed by atoms with Crippen molar-refractivity contribution in [2.45, 2.75) is 37.0 Å². The molecule has 15 heteroatoms. The van der Waals surface area contributed by atoms with E-state index in [1.54, 1.807) is 23.1 Å². The number of aromatic nitrogens is 4. The van der Waals surface area contributed by atoms with Gasteiger partial charge in [0.1, 0.15) is 47.5 Å². The first-order valence-corrected chi connectivity index (χ1v) is 16.2. The van der Waals surface area contributed by atoms with E-state index in [9.17, 15) is 18.0 Å². The molecule has 0 radical (unpaired) electrons. The van der Waals surface area contributed by atoms with E-state index in [4.69, 9.17) is 11.3 Å². The normalized spacial score (nSPS) is 22.5. The van der Waals surface area contributed by atoms with E-state index in [1.165, 1.54) is 17.3 Å². The summed E-state index contributed by atoms with van der Waals surface area (Å²) < 4.78 is 80.9. The maximum Gasteiger partial charge on any atom is 0.319 e. The van der Waals surface area contributed by atoms with Crippen LogP contribution in [0.5, 0.6) is 6.01 Å². The Morgan fingerprint density at radius 1 is 1.10 bits per heavy atom. The number of rotatable bonds is 8. The molecule has 1 amide bonds. The first-order valence-electron chi connectivity index (χ1n) is 16.2. The monoisotopic (exact) mass is 690 g/mol. The smallest absolute Gasteiger partial charge is 0.319 e. The highest BCUT2D eigenvalue weighted by Gasteiger charge is 2.49. The minimum absolute atomic E-state index is 0.0113. The van der Waals surface area contributed by atoms with Gasteiger partial charge in [-0.25, -0.2) is 28.5 Å². The summed E-state index contributed by atoms with van der Waals surface area (Å²) in [4.78, 5) is 38.8. The number of hydrogen-bond donors (Lipinski definition) is 0. The third kappa shape index (κ3) is 6.31. The van der Waals surface area contributed by atoms with E-state index < -0.39 is 58.2 Å². The van der Waals surface area contributed by atoms with Crippen LogP contribution in [0.25, 0.3) is 33.1 Å². The molecule has 1 aromatic carbocycles. The van der Waals surface area contributed by atoms with Crippen LogP contribution in [0.4, 0.5) is 27.8 Å². The summed E-state index contributed by atoms with van der Waals surface area (Å²) in [6.07, 6.45) is 4.57. The Balaban J connectivity index is 1.25. The summed E-state index contributed by atoms with van der Waals surface area (Å²) in [7, 11) is 0. The van der Waals surface area contributed by atoms with Crippen LogP contribution in [0.15, 0.2) is 54.6 Å². The number of halogens is 5. The number of benzene rings is 1. The molecule has 4 aromatic rings. The van der Waals surface area contributed by atoms with Crippen molar-refractivity contribution in [1.82, 2.24) is 29.7 Å². The molecule has 50 heavy (non-hydrogen) atoms. The number of amides is 1. The zero-order chi connectivity index (χ0) is 35.0. The maximum absolute atomic E-state index is 16.3. The van der Waals surface area contributed by atoms with Gasteiger partial charge in [0.05, 0.1) is 16.6 Å². The van der Waals surface area contributed by atoms with Gasteiger partial charge >= 0.3 is 6.01 Å². The zero-order valence-electron chi connectivity index (χ0n) is 26.7. The molecule has 0 bridgehead atoms. The van der Waals surface area contributed by atoms with Gasteiger partial charge in [-0.2, -0.15) is 9.97 Å². The van der Waals surface area contributed by atoms with Crippen molar-refractivity contribution >= 4 is 28.7 Å². The van der Waals surface area contributed by atoms with E-state index in [0.717, 1.165) is 37.2 Å². The average Bonchev–Trinajstić information content (AvgIpc) is 3.64. The third-order valence-corrected chi connectivity index (χ3v) is 9.57. The number of fused-ring (bicyclic) bond motifs is 2. The fourth-order valence-electron chi connectivity index (χ4n) is 7.21. The van der Waals surface area contributed by atoms with Crippen molar-refractivity contribution in [2.24, 2.45) is 0 Å². The van der Waals surface area contributed by atoms with Gasteiger partial charge < -0.3 is 19.4 Å². The maximum atomic E-state index is 16.3. The summed E-state index contributed by atoms with van der Waals surface area (Å²) in [6, 6.07) is 6.47. The number of ether oxygens (including phenoxy) is 1. The van der Waals surface area contributed by atoms with Gasteiger partial charge in [0.2, 0.25) is 6.54 Å². The number of carbonyl (C=O) groups is 1. The molecular formula is C35H31F5N8O2. The Kier molecular flexibility index (Phi) is 9.04. The third-order valence-electron chi connectivity index (χ3n) is 9.57. The van der Waals surface area contributed by atoms with Gasteiger partial charge in [-0.3, -0.25) is 19.7 Å². The quantitative estimate of drug-likeness (QED) is 0.138. The molecule has 0 aliphatic carbocycles. The Bertz CT molecular complexity index is 2010. The Labute approximate surface area is 284 Å². The molecule has 3 aliphatic rings. The predicted molar refractivity (Wildman–Crippen MR) is 174 cm³/mol. The minimum atomic E-state index is -1.04. The average molecular weight is 691 g/mol. The molecule has 3 saturated heterocycles.